The molecule has 0 aliphatic heterocycles. The number of nitrogens with zero attached hydrogens (tertiary/aromatic N) is 4. The summed E-state index contributed by atoms with van der Waals surface area (Å²) in [6, 6.07) is 23.1. The Kier molecular flexibility index (Phi) is 5.69. The van der Waals surface area contributed by atoms with Crippen LogP contribution in [0.3, 0.4) is 0 Å². The minimum atomic E-state index is 0.0238. The van der Waals surface area contributed by atoms with E-state index in [0.717, 1.165) is 29.6 Å². The third-order valence-corrected chi connectivity index (χ3v) is 8.71. The molecule has 4 N–H and O–H groups in total. The molecule has 0 radical (unpaired) electrons. The summed E-state index contributed by atoms with van der Waals surface area (Å²) in [4.78, 5) is 4.35. The molecule has 1 unspecified atom stereocenters. The lowest BCUT2D eigenvalue weighted by Crippen LogP contribution is -2.56. The van der Waals surface area contributed by atoms with E-state index in [2.05, 4.69) is 68.2 Å². The molecule has 3 saturated carbocycles. The minimum absolute atomic E-state index is 0.0238. The summed E-state index contributed by atoms with van der Waals surface area (Å²) in [5.41, 5.74) is 12.3. The second-order valence-corrected chi connectivity index (χ2v) is 10.6. The van der Waals surface area contributed by atoms with Gasteiger partial charge in [0.25, 0.3) is 0 Å². The Labute approximate surface area is 211 Å². The zero-order valence-electron chi connectivity index (χ0n) is 20.4. The number of nitrogens with one attached hydrogen (secondary N) is 2. The van der Waals surface area contributed by atoms with Crippen molar-refractivity contribution >= 4 is 17.0 Å². The van der Waals surface area contributed by atoms with Gasteiger partial charge in [-0.05, 0) is 91.8 Å². The summed E-state index contributed by atoms with van der Waals surface area (Å²) >= 11 is 0. The van der Waals surface area contributed by atoms with Crippen molar-refractivity contribution in [1.82, 2.24) is 25.7 Å². The van der Waals surface area contributed by atoms with Crippen molar-refractivity contribution in [2.24, 2.45) is 0 Å². The van der Waals surface area contributed by atoms with Crippen LogP contribution in [0.1, 0.15) is 73.1 Å². The van der Waals surface area contributed by atoms with Crippen molar-refractivity contribution in [3.8, 4) is 6.07 Å². The first kappa shape index (κ1) is 22.7. The molecular weight excluding hydrogens is 446 g/mol. The fraction of sp³-hybridized carbons (Fsp3) is 0.379. The highest BCUT2D eigenvalue weighted by molar-refractivity contribution is 5.77. The smallest absolute Gasteiger partial charge is 0.178 e. The number of hydrogen-bond acceptors (Lipinski definition) is 6. The standard InChI is InChI=1S/C29H31N7/c30-19-20-5-4-6-21(17-20)23(24-18-25(31)33-27-26(24)34-36-35-27)9-16-32-29-13-10-28(11-14-29,12-15-29)22-7-2-1-3-8-22/h1-8,17-18,23,32H,9-16H2,(H3,31,33,34,35,36). The maximum absolute atomic E-state index is 9.50. The molecule has 3 aliphatic rings. The molecule has 182 valence electrons. The fourth-order valence-electron chi connectivity index (χ4n) is 6.63. The summed E-state index contributed by atoms with van der Waals surface area (Å²) in [7, 11) is 0. The molecule has 7 rings (SSSR count). The molecule has 1 atom stereocenters. The molecule has 2 heterocycles. The topological polar surface area (TPSA) is 116 Å². The Morgan fingerprint density at radius 1 is 1.00 bits per heavy atom. The van der Waals surface area contributed by atoms with Gasteiger partial charge >= 0.3 is 0 Å². The van der Waals surface area contributed by atoms with E-state index in [-0.39, 0.29) is 11.5 Å². The Morgan fingerprint density at radius 2 is 1.78 bits per heavy atom. The predicted molar refractivity (Wildman–Crippen MR) is 140 cm³/mol. The number of nitriles is 1. The maximum atomic E-state index is 9.50. The van der Waals surface area contributed by atoms with Crippen LogP contribution in [0.15, 0.2) is 60.7 Å². The van der Waals surface area contributed by atoms with Gasteiger partial charge in [0.15, 0.2) is 5.65 Å². The third-order valence-electron chi connectivity index (χ3n) is 8.71. The zero-order valence-corrected chi connectivity index (χ0v) is 20.4. The lowest BCUT2D eigenvalue weighted by Gasteiger charge is -2.54. The van der Waals surface area contributed by atoms with Crippen LogP contribution in [-0.4, -0.2) is 32.5 Å². The SMILES string of the molecule is N#Cc1cccc(C(CCNC23CCC(c4ccccc4)(CC2)CC3)c2cc(N)nc3[nH]nnc23)c1. The van der Waals surface area contributed by atoms with E-state index < -0.39 is 0 Å². The van der Waals surface area contributed by atoms with Crippen molar-refractivity contribution in [2.75, 3.05) is 12.3 Å². The van der Waals surface area contributed by atoms with Crippen LogP contribution in [0, 0.1) is 11.3 Å². The minimum Gasteiger partial charge on any atom is -0.384 e. The number of H-pyrrole nitrogens is 1. The average molecular weight is 478 g/mol. The molecule has 0 saturated heterocycles. The van der Waals surface area contributed by atoms with E-state index >= 15 is 0 Å². The summed E-state index contributed by atoms with van der Waals surface area (Å²) in [6.07, 6.45) is 8.25. The summed E-state index contributed by atoms with van der Waals surface area (Å²) < 4.78 is 0. The van der Waals surface area contributed by atoms with Crippen molar-refractivity contribution in [2.45, 2.75) is 61.8 Å². The number of fused-ring (bicyclic) bond motifs is 4. The molecule has 4 aromatic rings. The summed E-state index contributed by atoms with van der Waals surface area (Å²) in [5, 5.41) is 24.6. The molecule has 3 fully saturated rings. The van der Waals surface area contributed by atoms with Crippen LogP contribution >= 0.6 is 0 Å². The number of nitrogens with two attached hydrogens (primary N) is 1. The second kappa shape index (κ2) is 9.03. The molecule has 2 aromatic heterocycles. The molecular formula is C29H31N7. The van der Waals surface area contributed by atoms with Gasteiger partial charge in [-0.2, -0.15) is 5.26 Å². The van der Waals surface area contributed by atoms with Crippen molar-refractivity contribution in [3.63, 3.8) is 0 Å². The van der Waals surface area contributed by atoms with Gasteiger partial charge < -0.3 is 11.1 Å². The largest absolute Gasteiger partial charge is 0.384 e. The van der Waals surface area contributed by atoms with Crippen LogP contribution < -0.4 is 11.1 Å². The number of anilines is 1. The lowest BCUT2D eigenvalue weighted by molar-refractivity contribution is 0.0770. The van der Waals surface area contributed by atoms with Crippen LogP contribution in [0.5, 0.6) is 0 Å². The molecule has 2 bridgehead atoms. The number of pyridine rings is 1. The molecule has 7 heteroatoms. The fourth-order valence-corrected chi connectivity index (χ4v) is 6.63. The van der Waals surface area contributed by atoms with Gasteiger partial charge in [0.05, 0.1) is 11.6 Å². The van der Waals surface area contributed by atoms with Gasteiger partial charge in [0.2, 0.25) is 0 Å². The Hall–Kier alpha value is -3.76. The zero-order chi connectivity index (χ0) is 24.6. The normalized spacial score (nSPS) is 24.0. The van der Waals surface area contributed by atoms with E-state index in [4.69, 9.17) is 5.73 Å². The number of aromatic amines is 1. The van der Waals surface area contributed by atoms with E-state index in [1.807, 2.05) is 24.3 Å². The third kappa shape index (κ3) is 4.02. The van der Waals surface area contributed by atoms with E-state index in [9.17, 15) is 5.26 Å². The lowest BCUT2D eigenvalue weighted by atomic mass is 9.55. The van der Waals surface area contributed by atoms with Crippen molar-refractivity contribution < 1.29 is 0 Å². The first-order valence-corrected chi connectivity index (χ1v) is 12.9. The van der Waals surface area contributed by atoms with Gasteiger partial charge in [-0.15, -0.1) is 5.10 Å². The highest BCUT2D eigenvalue weighted by Gasteiger charge is 2.48. The number of benzene rings is 2. The first-order chi connectivity index (χ1) is 17.6. The van der Waals surface area contributed by atoms with Gasteiger partial charge in [0.1, 0.15) is 11.3 Å². The van der Waals surface area contributed by atoms with Crippen LogP contribution in [-0.2, 0) is 5.41 Å². The van der Waals surface area contributed by atoms with Gasteiger partial charge in [-0.3, -0.25) is 0 Å². The molecule has 7 nitrogen and oxygen atoms in total. The van der Waals surface area contributed by atoms with Crippen molar-refractivity contribution in [1.29, 1.82) is 5.26 Å². The quantitative estimate of drug-likeness (QED) is 0.346. The Morgan fingerprint density at radius 3 is 2.53 bits per heavy atom. The Balaban J connectivity index is 1.22. The molecule has 2 aromatic carbocycles. The first-order valence-electron chi connectivity index (χ1n) is 12.9. The monoisotopic (exact) mass is 477 g/mol. The molecule has 36 heavy (non-hydrogen) atoms. The van der Waals surface area contributed by atoms with Gasteiger partial charge in [0, 0.05) is 11.5 Å². The number of rotatable bonds is 7. The van der Waals surface area contributed by atoms with Crippen LogP contribution in [0.25, 0.3) is 11.2 Å². The summed E-state index contributed by atoms with van der Waals surface area (Å²) in [6.45, 7) is 0.876. The number of hydrogen-bond donors (Lipinski definition) is 3. The van der Waals surface area contributed by atoms with E-state index in [1.54, 1.807) is 0 Å². The van der Waals surface area contributed by atoms with Gasteiger partial charge in [-0.25, -0.2) is 10.1 Å². The average Bonchev–Trinajstić information content (AvgIpc) is 3.41. The highest BCUT2D eigenvalue weighted by Crippen LogP contribution is 2.53. The van der Waals surface area contributed by atoms with Crippen molar-refractivity contribution in [3.05, 3.63) is 82.9 Å². The van der Waals surface area contributed by atoms with E-state index in [1.165, 1.54) is 44.1 Å². The van der Waals surface area contributed by atoms with E-state index in [0.29, 0.717) is 22.4 Å². The predicted octanol–water partition coefficient (Wildman–Crippen LogP) is 4.96. The molecule has 0 spiro atoms. The highest BCUT2D eigenvalue weighted by atomic mass is 15.3. The summed E-state index contributed by atoms with van der Waals surface area (Å²) in [5.74, 6) is 0.462. The maximum Gasteiger partial charge on any atom is 0.178 e. The van der Waals surface area contributed by atoms with Crippen LogP contribution in [0.2, 0.25) is 0 Å². The van der Waals surface area contributed by atoms with Crippen LogP contribution in [0.4, 0.5) is 5.82 Å². The Bertz CT molecular complexity index is 1390. The second-order valence-electron chi connectivity index (χ2n) is 10.6. The molecule has 0 amide bonds. The number of aromatic nitrogens is 4. The number of nitrogen functional groups attached to an aromatic ring is 1. The van der Waals surface area contributed by atoms with Gasteiger partial charge in [-0.1, -0.05) is 47.7 Å². The molecule has 3 aliphatic carbocycles.